The Bertz CT molecular complexity index is 320. The zero-order valence-corrected chi connectivity index (χ0v) is 12.3. The van der Waals surface area contributed by atoms with Gasteiger partial charge in [0.15, 0.2) is 0 Å². The van der Waals surface area contributed by atoms with Crippen LogP contribution in [0.4, 0.5) is 0 Å². The van der Waals surface area contributed by atoms with Crippen molar-refractivity contribution >= 4 is 0 Å². The van der Waals surface area contributed by atoms with Crippen molar-refractivity contribution in [3.05, 3.63) is 0 Å². The maximum atomic E-state index is 9.84. The van der Waals surface area contributed by atoms with Gasteiger partial charge >= 0.3 is 0 Å². The molecule has 102 valence electrons. The predicted molar refractivity (Wildman–Crippen MR) is 75.2 cm³/mol. The van der Waals surface area contributed by atoms with E-state index in [0.29, 0.717) is 11.3 Å². The van der Waals surface area contributed by atoms with Gasteiger partial charge in [0.1, 0.15) is 5.54 Å². The number of hydrogen-bond acceptors (Lipinski definition) is 2. The lowest BCUT2D eigenvalue weighted by Crippen LogP contribution is -2.54. The van der Waals surface area contributed by atoms with Gasteiger partial charge in [0.25, 0.3) is 0 Å². The molecule has 1 saturated heterocycles. The lowest BCUT2D eigenvalue weighted by molar-refractivity contribution is 0.0222. The lowest BCUT2D eigenvalue weighted by Gasteiger charge is -2.49. The standard InChI is InChI=1S/C16H28N2/c1-14-10-15(2,3)12-16(11-14,13-17)18-8-6-4-5-7-9-18/h14H,4-12H2,1-3H3. The van der Waals surface area contributed by atoms with Gasteiger partial charge in [-0.3, -0.25) is 4.90 Å². The van der Waals surface area contributed by atoms with E-state index in [9.17, 15) is 5.26 Å². The molecule has 0 amide bonds. The summed E-state index contributed by atoms with van der Waals surface area (Å²) in [5, 5.41) is 9.84. The molecular weight excluding hydrogens is 220 g/mol. The van der Waals surface area contributed by atoms with Crippen LogP contribution in [0.25, 0.3) is 0 Å². The first-order valence-corrected chi connectivity index (χ1v) is 7.64. The van der Waals surface area contributed by atoms with Crippen LogP contribution in [0.1, 0.15) is 65.7 Å². The summed E-state index contributed by atoms with van der Waals surface area (Å²) < 4.78 is 0. The second-order valence-electron chi connectivity index (χ2n) is 7.40. The number of nitrogens with zero attached hydrogens (tertiary/aromatic N) is 2. The molecule has 2 unspecified atom stereocenters. The van der Waals surface area contributed by atoms with Crippen LogP contribution in [0.15, 0.2) is 0 Å². The van der Waals surface area contributed by atoms with E-state index in [4.69, 9.17) is 0 Å². The van der Waals surface area contributed by atoms with E-state index >= 15 is 0 Å². The van der Waals surface area contributed by atoms with Crippen LogP contribution in [0.5, 0.6) is 0 Å². The Labute approximate surface area is 112 Å². The fraction of sp³-hybridized carbons (Fsp3) is 0.938. The Hall–Kier alpha value is -0.550. The molecule has 1 saturated carbocycles. The molecule has 2 aliphatic rings. The maximum absolute atomic E-state index is 9.84. The van der Waals surface area contributed by atoms with E-state index in [0.717, 1.165) is 25.9 Å². The van der Waals surface area contributed by atoms with Gasteiger partial charge in [0.05, 0.1) is 6.07 Å². The molecule has 0 aromatic heterocycles. The normalized spacial score (nSPS) is 37.8. The van der Waals surface area contributed by atoms with E-state index in [2.05, 4.69) is 31.7 Å². The molecule has 0 aromatic carbocycles. The van der Waals surface area contributed by atoms with Crippen molar-refractivity contribution < 1.29 is 0 Å². The minimum Gasteiger partial charge on any atom is -0.286 e. The van der Waals surface area contributed by atoms with Gasteiger partial charge in [-0.1, -0.05) is 33.6 Å². The van der Waals surface area contributed by atoms with Crippen LogP contribution < -0.4 is 0 Å². The molecule has 2 atom stereocenters. The van der Waals surface area contributed by atoms with Crippen LogP contribution >= 0.6 is 0 Å². The van der Waals surface area contributed by atoms with Crippen molar-refractivity contribution in [3.8, 4) is 6.07 Å². The summed E-state index contributed by atoms with van der Waals surface area (Å²) in [5.41, 5.74) is 0.144. The highest BCUT2D eigenvalue weighted by Gasteiger charge is 2.46. The Kier molecular flexibility index (Phi) is 4.02. The van der Waals surface area contributed by atoms with Gasteiger partial charge in [-0.25, -0.2) is 0 Å². The molecule has 2 rings (SSSR count). The summed E-state index contributed by atoms with van der Waals surface area (Å²) in [7, 11) is 0. The smallest absolute Gasteiger partial charge is 0.110 e. The molecule has 1 aliphatic carbocycles. The number of hydrogen-bond donors (Lipinski definition) is 0. The van der Waals surface area contributed by atoms with Crippen molar-refractivity contribution in [1.82, 2.24) is 4.90 Å². The van der Waals surface area contributed by atoms with Crippen molar-refractivity contribution in [2.24, 2.45) is 11.3 Å². The number of rotatable bonds is 1. The largest absolute Gasteiger partial charge is 0.286 e. The maximum Gasteiger partial charge on any atom is 0.110 e. The Morgan fingerprint density at radius 3 is 2.17 bits per heavy atom. The van der Waals surface area contributed by atoms with Crippen molar-refractivity contribution in [2.45, 2.75) is 71.3 Å². The third-order valence-corrected chi connectivity index (χ3v) is 4.78. The molecule has 1 aliphatic heterocycles. The minimum atomic E-state index is -0.175. The average molecular weight is 248 g/mol. The monoisotopic (exact) mass is 248 g/mol. The van der Waals surface area contributed by atoms with Crippen LogP contribution in [-0.4, -0.2) is 23.5 Å². The molecule has 0 aromatic rings. The lowest BCUT2D eigenvalue weighted by atomic mass is 9.64. The van der Waals surface area contributed by atoms with Crippen molar-refractivity contribution in [1.29, 1.82) is 5.26 Å². The van der Waals surface area contributed by atoms with E-state index in [1.807, 2.05) is 0 Å². The van der Waals surface area contributed by atoms with Gasteiger partial charge in [-0.15, -0.1) is 0 Å². The summed E-state index contributed by atoms with van der Waals surface area (Å²) in [6.45, 7) is 9.27. The van der Waals surface area contributed by atoms with Crippen LogP contribution in [0.3, 0.4) is 0 Å². The fourth-order valence-electron chi connectivity index (χ4n) is 4.42. The van der Waals surface area contributed by atoms with Gasteiger partial charge in [0, 0.05) is 0 Å². The summed E-state index contributed by atoms with van der Waals surface area (Å²) in [5.74, 6) is 0.677. The van der Waals surface area contributed by atoms with Gasteiger partial charge in [-0.05, 0) is 56.5 Å². The zero-order chi connectivity index (χ0) is 13.2. The summed E-state index contributed by atoms with van der Waals surface area (Å²) in [6, 6.07) is 2.73. The van der Waals surface area contributed by atoms with Crippen molar-refractivity contribution in [3.63, 3.8) is 0 Å². The van der Waals surface area contributed by atoms with Gasteiger partial charge in [0.2, 0.25) is 0 Å². The van der Waals surface area contributed by atoms with Gasteiger partial charge in [-0.2, -0.15) is 5.26 Å². The molecule has 2 fully saturated rings. The SMILES string of the molecule is CC1CC(C)(C)CC(C#N)(N2CCCCCC2)C1. The van der Waals surface area contributed by atoms with Crippen LogP contribution in [-0.2, 0) is 0 Å². The third kappa shape index (κ3) is 2.88. The second-order valence-corrected chi connectivity index (χ2v) is 7.40. The van der Waals surface area contributed by atoms with E-state index in [1.165, 1.54) is 32.1 Å². The minimum absolute atomic E-state index is 0.175. The second kappa shape index (κ2) is 5.21. The Morgan fingerprint density at radius 1 is 1.06 bits per heavy atom. The van der Waals surface area contributed by atoms with E-state index in [1.54, 1.807) is 0 Å². The first kappa shape index (κ1) is 13.9. The van der Waals surface area contributed by atoms with E-state index < -0.39 is 0 Å². The topological polar surface area (TPSA) is 27.0 Å². The molecule has 2 heteroatoms. The highest BCUT2D eigenvalue weighted by atomic mass is 15.2. The zero-order valence-electron chi connectivity index (χ0n) is 12.3. The molecular formula is C16H28N2. The number of likely N-dealkylation sites (tertiary alicyclic amines) is 1. The van der Waals surface area contributed by atoms with Gasteiger partial charge < -0.3 is 0 Å². The molecule has 0 bridgehead atoms. The quantitative estimate of drug-likeness (QED) is 0.702. The molecule has 0 N–H and O–H groups in total. The summed E-state index contributed by atoms with van der Waals surface area (Å²) >= 11 is 0. The first-order valence-electron chi connectivity index (χ1n) is 7.64. The van der Waals surface area contributed by atoms with E-state index in [-0.39, 0.29) is 5.54 Å². The predicted octanol–water partition coefficient (Wildman–Crippen LogP) is 3.97. The fourth-order valence-corrected chi connectivity index (χ4v) is 4.42. The van der Waals surface area contributed by atoms with Crippen molar-refractivity contribution in [2.75, 3.05) is 13.1 Å². The Morgan fingerprint density at radius 2 is 1.67 bits per heavy atom. The highest BCUT2D eigenvalue weighted by molar-refractivity contribution is 5.13. The third-order valence-electron chi connectivity index (χ3n) is 4.78. The molecule has 2 nitrogen and oxygen atoms in total. The molecule has 18 heavy (non-hydrogen) atoms. The molecule has 0 spiro atoms. The van der Waals surface area contributed by atoms with Crippen LogP contribution in [0, 0.1) is 22.7 Å². The summed E-state index contributed by atoms with van der Waals surface area (Å²) in [6.07, 6.45) is 8.64. The summed E-state index contributed by atoms with van der Waals surface area (Å²) in [4.78, 5) is 2.53. The Balaban J connectivity index is 2.20. The molecule has 0 radical (unpaired) electrons. The van der Waals surface area contributed by atoms with Crippen LogP contribution in [0.2, 0.25) is 0 Å². The first-order chi connectivity index (χ1) is 8.47. The number of nitriles is 1. The molecule has 1 heterocycles. The highest BCUT2D eigenvalue weighted by Crippen LogP contribution is 2.46. The average Bonchev–Trinajstić information content (AvgIpc) is 2.54.